The van der Waals surface area contributed by atoms with Crippen LogP contribution in [0, 0.1) is 0 Å². The van der Waals surface area contributed by atoms with Gasteiger partial charge in [0.15, 0.2) is 0 Å². The molecule has 1 aromatic carbocycles. The number of carbonyl (C=O) groups excluding carboxylic acids is 1. The molecule has 1 atom stereocenters. The van der Waals surface area contributed by atoms with E-state index in [1.165, 1.54) is 7.11 Å². The minimum absolute atomic E-state index is 0.278. The Kier molecular flexibility index (Phi) is 5.76. The summed E-state index contributed by atoms with van der Waals surface area (Å²) in [6, 6.07) is 13.7. The number of carbonyl (C=O) groups is 1. The van der Waals surface area contributed by atoms with Crippen molar-refractivity contribution in [3.8, 4) is 11.1 Å². The molecule has 3 aromatic rings. The molecular formula is C20H22N4O2. The molecular weight excluding hydrogens is 328 g/mol. The molecule has 0 aliphatic carbocycles. The second kappa shape index (κ2) is 8.40. The van der Waals surface area contributed by atoms with Crippen LogP contribution in [-0.4, -0.2) is 33.9 Å². The Morgan fingerprint density at radius 3 is 2.38 bits per heavy atom. The van der Waals surface area contributed by atoms with E-state index in [9.17, 15) is 4.79 Å². The van der Waals surface area contributed by atoms with Crippen LogP contribution < -0.4 is 5.32 Å². The fraction of sp³-hybridized carbons (Fsp3) is 0.250. The molecule has 1 unspecified atom stereocenters. The monoisotopic (exact) mass is 350 g/mol. The summed E-state index contributed by atoms with van der Waals surface area (Å²) in [7, 11) is 3.27. The van der Waals surface area contributed by atoms with Crippen molar-refractivity contribution < 1.29 is 9.53 Å². The summed E-state index contributed by atoms with van der Waals surface area (Å²) in [5.41, 5.74) is 4.33. The number of aromatic nitrogens is 3. The number of nitrogens with one attached hydrogen (secondary N) is 1. The maximum Gasteiger partial charge on any atom is 0.323 e. The standard InChI is InChI=1S/C20H22N4O2/c1-24-18(9-12-23-24)13-19(20(25)26-2)22-14-15-3-5-16(6-4-15)17-7-10-21-11-8-17/h3-12,19,22H,13-14H2,1-2H3. The van der Waals surface area contributed by atoms with E-state index in [1.54, 1.807) is 23.3 Å². The number of hydrogen-bond acceptors (Lipinski definition) is 5. The molecule has 0 amide bonds. The van der Waals surface area contributed by atoms with Gasteiger partial charge < -0.3 is 4.74 Å². The number of pyridine rings is 1. The summed E-state index contributed by atoms with van der Waals surface area (Å²) in [6.45, 7) is 0.578. The summed E-state index contributed by atoms with van der Waals surface area (Å²) >= 11 is 0. The van der Waals surface area contributed by atoms with E-state index < -0.39 is 6.04 Å². The Bertz CT molecular complexity index is 844. The molecule has 6 heteroatoms. The van der Waals surface area contributed by atoms with Gasteiger partial charge in [-0.05, 0) is 34.9 Å². The number of hydrogen-bond donors (Lipinski definition) is 1. The normalized spacial score (nSPS) is 11.9. The minimum atomic E-state index is -0.421. The van der Waals surface area contributed by atoms with E-state index >= 15 is 0 Å². The quantitative estimate of drug-likeness (QED) is 0.663. The van der Waals surface area contributed by atoms with Crippen LogP contribution in [0.2, 0.25) is 0 Å². The summed E-state index contributed by atoms with van der Waals surface area (Å²) in [5, 5.41) is 7.43. The highest BCUT2D eigenvalue weighted by Crippen LogP contribution is 2.18. The lowest BCUT2D eigenvalue weighted by atomic mass is 10.0. The van der Waals surface area contributed by atoms with Gasteiger partial charge in [0.05, 0.1) is 7.11 Å². The molecule has 3 rings (SSSR count). The second-order valence-electron chi connectivity index (χ2n) is 6.04. The van der Waals surface area contributed by atoms with Gasteiger partial charge in [0, 0.05) is 44.3 Å². The molecule has 6 nitrogen and oxygen atoms in total. The number of ether oxygens (including phenoxy) is 1. The first-order valence-electron chi connectivity index (χ1n) is 8.45. The van der Waals surface area contributed by atoms with Crippen LogP contribution >= 0.6 is 0 Å². The first-order valence-corrected chi connectivity index (χ1v) is 8.45. The molecule has 0 saturated carbocycles. The fourth-order valence-corrected chi connectivity index (χ4v) is 2.79. The highest BCUT2D eigenvalue weighted by atomic mass is 16.5. The van der Waals surface area contributed by atoms with Crippen LogP contribution in [0.1, 0.15) is 11.3 Å². The zero-order valence-electron chi connectivity index (χ0n) is 14.9. The van der Waals surface area contributed by atoms with Crippen LogP contribution in [0.25, 0.3) is 11.1 Å². The molecule has 2 heterocycles. The molecule has 0 fully saturated rings. The smallest absolute Gasteiger partial charge is 0.323 e. The molecule has 0 spiro atoms. The van der Waals surface area contributed by atoms with Gasteiger partial charge in [-0.25, -0.2) is 0 Å². The lowest BCUT2D eigenvalue weighted by molar-refractivity contribution is -0.143. The van der Waals surface area contributed by atoms with Gasteiger partial charge in [-0.3, -0.25) is 19.8 Å². The van der Waals surface area contributed by atoms with Gasteiger partial charge in [0.1, 0.15) is 6.04 Å². The summed E-state index contributed by atoms with van der Waals surface area (Å²) in [4.78, 5) is 16.1. The topological polar surface area (TPSA) is 69.0 Å². The molecule has 134 valence electrons. The maximum atomic E-state index is 12.1. The number of rotatable bonds is 7. The van der Waals surface area contributed by atoms with Crippen LogP contribution in [-0.2, 0) is 29.5 Å². The molecule has 0 bridgehead atoms. The summed E-state index contributed by atoms with van der Waals surface area (Å²) in [6.07, 6.45) is 5.81. The lowest BCUT2D eigenvalue weighted by Gasteiger charge is -2.17. The average Bonchev–Trinajstić information content (AvgIpc) is 3.10. The molecule has 2 aromatic heterocycles. The molecule has 0 aliphatic heterocycles. The van der Waals surface area contributed by atoms with Crippen molar-refractivity contribution in [2.45, 2.75) is 19.0 Å². The van der Waals surface area contributed by atoms with Crippen molar-refractivity contribution in [3.63, 3.8) is 0 Å². The minimum Gasteiger partial charge on any atom is -0.468 e. The average molecular weight is 350 g/mol. The van der Waals surface area contributed by atoms with Gasteiger partial charge in [-0.1, -0.05) is 24.3 Å². The molecule has 26 heavy (non-hydrogen) atoms. The molecule has 1 N–H and O–H groups in total. The van der Waals surface area contributed by atoms with E-state index in [1.807, 2.05) is 25.2 Å². The van der Waals surface area contributed by atoms with Crippen LogP contribution in [0.4, 0.5) is 0 Å². The number of methoxy groups -OCH3 is 1. The van der Waals surface area contributed by atoms with Crippen molar-refractivity contribution >= 4 is 5.97 Å². The van der Waals surface area contributed by atoms with Crippen molar-refractivity contribution in [2.24, 2.45) is 7.05 Å². The van der Waals surface area contributed by atoms with E-state index in [0.29, 0.717) is 13.0 Å². The third kappa shape index (κ3) is 4.34. The van der Waals surface area contributed by atoms with E-state index in [4.69, 9.17) is 4.74 Å². The van der Waals surface area contributed by atoms with E-state index in [2.05, 4.69) is 39.7 Å². The number of benzene rings is 1. The van der Waals surface area contributed by atoms with Gasteiger partial charge in [-0.15, -0.1) is 0 Å². The molecule has 0 radical (unpaired) electrons. The SMILES string of the molecule is COC(=O)C(Cc1ccnn1C)NCc1ccc(-c2ccncc2)cc1. The summed E-state index contributed by atoms with van der Waals surface area (Å²) < 4.78 is 6.69. The Balaban J connectivity index is 1.65. The lowest BCUT2D eigenvalue weighted by Crippen LogP contribution is -2.39. The van der Waals surface area contributed by atoms with E-state index in [-0.39, 0.29) is 5.97 Å². The first kappa shape index (κ1) is 17.8. The predicted molar refractivity (Wildman–Crippen MR) is 99.2 cm³/mol. The fourth-order valence-electron chi connectivity index (χ4n) is 2.79. The highest BCUT2D eigenvalue weighted by molar-refractivity contribution is 5.76. The molecule has 0 saturated heterocycles. The second-order valence-corrected chi connectivity index (χ2v) is 6.04. The predicted octanol–water partition coefficient (Wildman–Crippen LogP) is 2.36. The van der Waals surface area contributed by atoms with Crippen LogP contribution in [0.15, 0.2) is 61.1 Å². The van der Waals surface area contributed by atoms with E-state index in [0.717, 1.165) is 22.4 Å². The summed E-state index contributed by atoms with van der Waals surface area (Å²) in [5.74, 6) is -0.278. The first-order chi connectivity index (χ1) is 12.7. The number of esters is 1. The zero-order valence-corrected chi connectivity index (χ0v) is 14.9. The van der Waals surface area contributed by atoms with Gasteiger partial charge in [0.25, 0.3) is 0 Å². The number of aryl methyl sites for hydroxylation is 1. The Labute approximate surface area is 152 Å². The van der Waals surface area contributed by atoms with Gasteiger partial charge in [-0.2, -0.15) is 5.10 Å². The third-order valence-electron chi connectivity index (χ3n) is 4.34. The highest BCUT2D eigenvalue weighted by Gasteiger charge is 2.20. The zero-order chi connectivity index (χ0) is 18.4. The Morgan fingerprint density at radius 1 is 1.08 bits per heavy atom. The van der Waals surface area contributed by atoms with Crippen molar-refractivity contribution in [2.75, 3.05) is 7.11 Å². The van der Waals surface area contributed by atoms with Crippen molar-refractivity contribution in [1.82, 2.24) is 20.1 Å². The maximum absolute atomic E-state index is 12.1. The van der Waals surface area contributed by atoms with Crippen molar-refractivity contribution in [1.29, 1.82) is 0 Å². The Hall–Kier alpha value is -2.99. The molecule has 0 aliphatic rings. The largest absolute Gasteiger partial charge is 0.468 e. The van der Waals surface area contributed by atoms with Crippen LogP contribution in [0.5, 0.6) is 0 Å². The number of nitrogens with zero attached hydrogens (tertiary/aromatic N) is 3. The van der Waals surface area contributed by atoms with Gasteiger partial charge >= 0.3 is 5.97 Å². The third-order valence-corrected chi connectivity index (χ3v) is 4.34. The van der Waals surface area contributed by atoms with Crippen molar-refractivity contribution in [3.05, 3.63) is 72.3 Å². The Morgan fingerprint density at radius 2 is 1.77 bits per heavy atom. The van der Waals surface area contributed by atoms with Gasteiger partial charge in [0.2, 0.25) is 0 Å². The van der Waals surface area contributed by atoms with Crippen LogP contribution in [0.3, 0.4) is 0 Å².